The number of aliphatic hydroxyl groups excluding tert-OH is 1. The van der Waals surface area contributed by atoms with Crippen LogP contribution in [0.5, 0.6) is 0 Å². The van der Waals surface area contributed by atoms with Crippen LogP contribution in [0.4, 0.5) is 0 Å². The second-order valence-corrected chi connectivity index (χ2v) is 5.44. The molecular weight excluding hydrogens is 192 g/mol. The summed E-state index contributed by atoms with van der Waals surface area (Å²) in [6.45, 7) is 0.689. The van der Waals surface area contributed by atoms with Crippen molar-refractivity contribution in [2.45, 2.75) is 6.04 Å². The highest BCUT2D eigenvalue weighted by Gasteiger charge is 2.13. The van der Waals surface area contributed by atoms with Gasteiger partial charge in [0.25, 0.3) is 0 Å². The van der Waals surface area contributed by atoms with Crippen LogP contribution in [0.25, 0.3) is 0 Å². The second kappa shape index (κ2) is 5.54. The van der Waals surface area contributed by atoms with Crippen LogP contribution in [0.15, 0.2) is 0 Å². The lowest BCUT2D eigenvalue weighted by atomic mass is 10.3. The summed E-state index contributed by atoms with van der Waals surface area (Å²) in [4.78, 5) is 1.75. The maximum Gasteiger partial charge on any atom is 0.148 e. The molecule has 0 saturated heterocycles. The Balaban J connectivity index is 3.92. The number of hydrogen-bond donors (Lipinski definition) is 2. The average molecular weight is 210 g/mol. The Hall–Kier alpha value is -0.170. The van der Waals surface area contributed by atoms with Crippen LogP contribution >= 0.6 is 0 Å². The first-order chi connectivity index (χ1) is 5.90. The van der Waals surface area contributed by atoms with E-state index in [0.717, 1.165) is 0 Å². The summed E-state index contributed by atoms with van der Waals surface area (Å²) in [7, 11) is -1.18. The van der Waals surface area contributed by atoms with Gasteiger partial charge in [0.05, 0.1) is 12.4 Å². The van der Waals surface area contributed by atoms with Crippen molar-refractivity contribution in [1.29, 1.82) is 0 Å². The lowest BCUT2D eigenvalue weighted by Crippen LogP contribution is -2.42. The number of nitrogens with two attached hydrogens (primary N) is 1. The summed E-state index contributed by atoms with van der Waals surface area (Å²) in [5.74, 6) is 0.0972. The molecule has 0 heterocycles. The van der Waals surface area contributed by atoms with Gasteiger partial charge in [0.15, 0.2) is 0 Å². The van der Waals surface area contributed by atoms with E-state index in [-0.39, 0.29) is 18.4 Å². The van der Waals surface area contributed by atoms with E-state index in [0.29, 0.717) is 13.1 Å². The zero-order chi connectivity index (χ0) is 10.5. The molecule has 1 unspecified atom stereocenters. The summed E-state index contributed by atoms with van der Waals surface area (Å²) >= 11 is 0. The highest BCUT2D eigenvalue weighted by molar-refractivity contribution is 7.90. The predicted octanol–water partition coefficient (Wildman–Crippen LogP) is -1.72. The third kappa shape index (κ3) is 5.98. The lowest BCUT2D eigenvalue weighted by Gasteiger charge is -2.24. The summed E-state index contributed by atoms with van der Waals surface area (Å²) in [5, 5.41) is 8.85. The standard InChI is InChI=1S/C7H18N2O3S/c1-9(7(5-8)6-10)3-4-13(2,11)12/h7,10H,3-6,8H2,1-2H3. The fraction of sp³-hybridized carbons (Fsp3) is 1.00. The first-order valence-corrected chi connectivity index (χ1v) is 6.15. The molecular formula is C7H18N2O3S. The summed E-state index contributed by atoms with van der Waals surface area (Å²) in [6.07, 6.45) is 1.19. The molecule has 0 aromatic rings. The van der Waals surface area contributed by atoms with Crippen LogP contribution in [0.2, 0.25) is 0 Å². The largest absolute Gasteiger partial charge is 0.395 e. The number of aliphatic hydroxyl groups is 1. The van der Waals surface area contributed by atoms with Gasteiger partial charge < -0.3 is 10.8 Å². The highest BCUT2D eigenvalue weighted by atomic mass is 32.2. The maximum absolute atomic E-state index is 10.8. The normalized spacial score (nSPS) is 14.8. The smallest absolute Gasteiger partial charge is 0.148 e. The number of likely N-dealkylation sites (N-methyl/N-ethyl adjacent to an activating group) is 1. The Morgan fingerprint density at radius 1 is 1.54 bits per heavy atom. The molecule has 0 amide bonds. The second-order valence-electron chi connectivity index (χ2n) is 3.18. The molecule has 0 bridgehead atoms. The number of nitrogens with zero attached hydrogens (tertiary/aromatic N) is 1. The van der Waals surface area contributed by atoms with Gasteiger partial charge in [-0.1, -0.05) is 0 Å². The predicted molar refractivity (Wildman–Crippen MR) is 52.3 cm³/mol. The van der Waals surface area contributed by atoms with Gasteiger partial charge in [-0.15, -0.1) is 0 Å². The third-order valence-electron chi connectivity index (χ3n) is 1.92. The van der Waals surface area contributed by atoms with Gasteiger partial charge in [0, 0.05) is 25.4 Å². The Morgan fingerprint density at radius 2 is 2.08 bits per heavy atom. The molecule has 1 atom stereocenters. The molecule has 0 rings (SSSR count). The van der Waals surface area contributed by atoms with Crippen molar-refractivity contribution in [3.8, 4) is 0 Å². The average Bonchev–Trinajstić information content (AvgIpc) is 2.02. The topological polar surface area (TPSA) is 83.6 Å². The van der Waals surface area contributed by atoms with Gasteiger partial charge in [0.2, 0.25) is 0 Å². The van der Waals surface area contributed by atoms with Gasteiger partial charge in [-0.05, 0) is 7.05 Å². The first kappa shape index (κ1) is 12.8. The molecule has 0 aliphatic carbocycles. The monoisotopic (exact) mass is 210 g/mol. The Kier molecular flexibility index (Phi) is 5.46. The number of sulfone groups is 1. The molecule has 0 aromatic carbocycles. The SMILES string of the molecule is CN(CCS(C)(=O)=O)C(CN)CO. The molecule has 0 radical (unpaired) electrons. The van der Waals surface area contributed by atoms with Crippen LogP contribution in [0, 0.1) is 0 Å². The molecule has 0 aliphatic rings. The van der Waals surface area contributed by atoms with Gasteiger partial charge >= 0.3 is 0 Å². The van der Waals surface area contributed by atoms with Crippen molar-refractivity contribution >= 4 is 9.84 Å². The van der Waals surface area contributed by atoms with E-state index in [1.807, 2.05) is 0 Å². The van der Waals surface area contributed by atoms with Crippen LogP contribution < -0.4 is 5.73 Å². The Labute approximate surface area is 79.4 Å². The van der Waals surface area contributed by atoms with Gasteiger partial charge in [0.1, 0.15) is 9.84 Å². The molecule has 13 heavy (non-hydrogen) atoms. The van der Waals surface area contributed by atoms with E-state index in [1.165, 1.54) is 6.26 Å². The minimum atomic E-state index is -2.93. The van der Waals surface area contributed by atoms with Crippen LogP contribution in [-0.4, -0.2) is 63.2 Å². The number of rotatable bonds is 6. The molecule has 0 spiro atoms. The summed E-state index contributed by atoms with van der Waals surface area (Å²) < 4.78 is 21.6. The van der Waals surface area contributed by atoms with Crippen molar-refractivity contribution in [2.24, 2.45) is 5.73 Å². The van der Waals surface area contributed by atoms with Crippen molar-refractivity contribution in [1.82, 2.24) is 4.90 Å². The molecule has 80 valence electrons. The molecule has 0 saturated carbocycles. The zero-order valence-corrected chi connectivity index (χ0v) is 8.92. The summed E-state index contributed by atoms with van der Waals surface area (Å²) in [6, 6.07) is -0.151. The van der Waals surface area contributed by atoms with Gasteiger partial charge in [-0.25, -0.2) is 8.42 Å². The minimum absolute atomic E-state index is 0.0449. The van der Waals surface area contributed by atoms with Crippen LogP contribution in [-0.2, 0) is 9.84 Å². The molecule has 5 nitrogen and oxygen atoms in total. The van der Waals surface area contributed by atoms with Gasteiger partial charge in [-0.3, -0.25) is 4.90 Å². The third-order valence-corrected chi connectivity index (χ3v) is 2.85. The fourth-order valence-electron chi connectivity index (χ4n) is 0.886. The number of hydrogen-bond acceptors (Lipinski definition) is 5. The van der Waals surface area contributed by atoms with E-state index in [9.17, 15) is 8.42 Å². The van der Waals surface area contributed by atoms with E-state index in [4.69, 9.17) is 10.8 Å². The minimum Gasteiger partial charge on any atom is -0.395 e. The molecule has 0 aromatic heterocycles. The van der Waals surface area contributed by atoms with Gasteiger partial charge in [-0.2, -0.15) is 0 Å². The van der Waals surface area contributed by atoms with E-state index in [1.54, 1.807) is 11.9 Å². The van der Waals surface area contributed by atoms with Crippen LogP contribution in [0.1, 0.15) is 0 Å². The highest BCUT2D eigenvalue weighted by Crippen LogP contribution is 1.94. The van der Waals surface area contributed by atoms with E-state index < -0.39 is 9.84 Å². The lowest BCUT2D eigenvalue weighted by molar-refractivity contribution is 0.157. The molecule has 6 heteroatoms. The van der Waals surface area contributed by atoms with Crippen molar-refractivity contribution in [3.63, 3.8) is 0 Å². The first-order valence-electron chi connectivity index (χ1n) is 4.09. The van der Waals surface area contributed by atoms with Crippen LogP contribution in [0.3, 0.4) is 0 Å². The van der Waals surface area contributed by atoms with Crippen molar-refractivity contribution < 1.29 is 13.5 Å². The Morgan fingerprint density at radius 3 is 2.38 bits per heavy atom. The Bertz CT molecular complexity index is 224. The fourth-order valence-corrected chi connectivity index (χ4v) is 1.51. The quantitative estimate of drug-likeness (QED) is 0.545. The zero-order valence-electron chi connectivity index (χ0n) is 8.10. The molecule has 0 aliphatic heterocycles. The molecule has 0 fully saturated rings. The summed E-state index contributed by atoms with van der Waals surface area (Å²) in [5.41, 5.74) is 5.37. The van der Waals surface area contributed by atoms with E-state index in [2.05, 4.69) is 0 Å². The van der Waals surface area contributed by atoms with Crippen molar-refractivity contribution in [2.75, 3.05) is 38.8 Å². The van der Waals surface area contributed by atoms with E-state index >= 15 is 0 Å². The molecule has 3 N–H and O–H groups in total. The van der Waals surface area contributed by atoms with Crippen molar-refractivity contribution in [3.05, 3.63) is 0 Å². The maximum atomic E-state index is 10.8.